The molecule has 0 aliphatic rings. The lowest BCUT2D eigenvalue weighted by Crippen LogP contribution is -2.11. The highest BCUT2D eigenvalue weighted by atomic mass is 16.3. The zero-order chi connectivity index (χ0) is 38.4. The standard InChI is InChI=1S/C56H37NO/c1-3-15-38(16-4-1)39-27-29-40(30-28-39)41-31-33-44(34-32-41)57(52-25-13-11-21-46(52)42-17-5-2-6-18-42)53-36-35-49(56-55(53)50-24-12-14-26-54(50)58-56)51-37-43-19-7-8-20-45(43)47-22-9-10-23-48(47)51/h1-37H. The van der Waals surface area contributed by atoms with E-state index in [1.165, 1.54) is 38.2 Å². The quantitative estimate of drug-likeness (QED) is 0.151. The Hall–Kier alpha value is -7.68. The summed E-state index contributed by atoms with van der Waals surface area (Å²) < 4.78 is 6.97. The normalized spacial score (nSPS) is 11.4. The Morgan fingerprint density at radius 3 is 1.57 bits per heavy atom. The van der Waals surface area contributed by atoms with Gasteiger partial charge in [0, 0.05) is 22.2 Å². The molecule has 0 saturated carbocycles. The van der Waals surface area contributed by atoms with Gasteiger partial charge in [0.05, 0.1) is 16.8 Å². The molecular formula is C56H37NO. The lowest BCUT2D eigenvalue weighted by Gasteiger charge is -2.29. The van der Waals surface area contributed by atoms with Crippen molar-refractivity contribution in [3.63, 3.8) is 0 Å². The monoisotopic (exact) mass is 739 g/mol. The topological polar surface area (TPSA) is 16.4 Å². The zero-order valence-electron chi connectivity index (χ0n) is 31.7. The van der Waals surface area contributed by atoms with E-state index in [-0.39, 0.29) is 0 Å². The third-order valence-corrected chi connectivity index (χ3v) is 11.5. The minimum atomic E-state index is 0.863. The van der Waals surface area contributed by atoms with Crippen LogP contribution in [-0.2, 0) is 0 Å². The average Bonchev–Trinajstić information content (AvgIpc) is 3.70. The van der Waals surface area contributed by atoms with Crippen LogP contribution in [0.2, 0.25) is 0 Å². The first-order valence-electron chi connectivity index (χ1n) is 19.8. The van der Waals surface area contributed by atoms with Crippen LogP contribution in [-0.4, -0.2) is 0 Å². The van der Waals surface area contributed by atoms with E-state index in [0.717, 1.165) is 66.8 Å². The van der Waals surface area contributed by atoms with E-state index >= 15 is 0 Å². The first-order chi connectivity index (χ1) is 28.8. The molecule has 1 heterocycles. The third-order valence-electron chi connectivity index (χ3n) is 11.5. The van der Waals surface area contributed by atoms with E-state index in [1.807, 2.05) is 0 Å². The number of nitrogens with zero attached hydrogens (tertiary/aromatic N) is 1. The fraction of sp³-hybridized carbons (Fsp3) is 0. The van der Waals surface area contributed by atoms with Gasteiger partial charge in [0.2, 0.25) is 0 Å². The molecule has 11 rings (SSSR count). The van der Waals surface area contributed by atoms with Crippen molar-refractivity contribution in [3.05, 3.63) is 224 Å². The molecule has 2 nitrogen and oxygen atoms in total. The summed E-state index contributed by atoms with van der Waals surface area (Å²) in [4.78, 5) is 2.41. The van der Waals surface area contributed by atoms with E-state index in [9.17, 15) is 0 Å². The molecule has 0 radical (unpaired) electrons. The van der Waals surface area contributed by atoms with Gasteiger partial charge in [-0.15, -0.1) is 0 Å². The van der Waals surface area contributed by atoms with Gasteiger partial charge in [-0.05, 0) is 97.4 Å². The predicted octanol–water partition coefficient (Wildman–Crippen LogP) is 16.0. The summed E-state index contributed by atoms with van der Waals surface area (Å²) in [5.74, 6) is 0. The largest absolute Gasteiger partial charge is 0.455 e. The van der Waals surface area contributed by atoms with Crippen molar-refractivity contribution in [2.75, 3.05) is 4.90 Å². The Morgan fingerprint density at radius 1 is 0.310 bits per heavy atom. The molecule has 11 aromatic rings. The number of para-hydroxylation sites is 2. The fourth-order valence-electron chi connectivity index (χ4n) is 8.71. The molecule has 2 heteroatoms. The Kier molecular flexibility index (Phi) is 8.19. The van der Waals surface area contributed by atoms with Crippen molar-refractivity contribution in [1.82, 2.24) is 0 Å². The molecule has 0 aliphatic carbocycles. The van der Waals surface area contributed by atoms with Crippen LogP contribution in [0.1, 0.15) is 0 Å². The molecular weight excluding hydrogens is 703 g/mol. The summed E-state index contributed by atoms with van der Waals surface area (Å²) >= 11 is 0. The number of benzene rings is 10. The summed E-state index contributed by atoms with van der Waals surface area (Å²) in [6, 6.07) is 80.5. The molecule has 0 spiro atoms. The van der Waals surface area contributed by atoms with Crippen molar-refractivity contribution in [2.24, 2.45) is 0 Å². The Balaban J connectivity index is 1.13. The van der Waals surface area contributed by atoms with Gasteiger partial charge in [0.25, 0.3) is 0 Å². The van der Waals surface area contributed by atoms with Crippen LogP contribution in [0.4, 0.5) is 17.1 Å². The van der Waals surface area contributed by atoms with Gasteiger partial charge in [-0.3, -0.25) is 0 Å². The van der Waals surface area contributed by atoms with E-state index in [4.69, 9.17) is 4.42 Å². The number of rotatable bonds is 7. The van der Waals surface area contributed by atoms with E-state index < -0.39 is 0 Å². The van der Waals surface area contributed by atoms with Crippen LogP contribution < -0.4 is 4.90 Å². The van der Waals surface area contributed by atoms with Crippen molar-refractivity contribution < 1.29 is 4.42 Å². The molecule has 0 bridgehead atoms. The third kappa shape index (κ3) is 5.74. The van der Waals surface area contributed by atoms with Gasteiger partial charge in [0.1, 0.15) is 11.2 Å². The van der Waals surface area contributed by atoms with Crippen molar-refractivity contribution >= 4 is 60.5 Å². The molecule has 0 atom stereocenters. The molecule has 0 N–H and O–H groups in total. The molecule has 0 fully saturated rings. The average molecular weight is 740 g/mol. The summed E-state index contributed by atoms with van der Waals surface area (Å²) in [5.41, 5.74) is 14.2. The maximum absolute atomic E-state index is 6.97. The van der Waals surface area contributed by atoms with Gasteiger partial charge in [-0.2, -0.15) is 0 Å². The van der Waals surface area contributed by atoms with Crippen LogP contribution >= 0.6 is 0 Å². The van der Waals surface area contributed by atoms with E-state index in [2.05, 4.69) is 229 Å². The summed E-state index contributed by atoms with van der Waals surface area (Å²) in [5, 5.41) is 7.05. The maximum atomic E-state index is 6.97. The lowest BCUT2D eigenvalue weighted by atomic mass is 9.92. The van der Waals surface area contributed by atoms with Crippen molar-refractivity contribution in [1.29, 1.82) is 0 Å². The van der Waals surface area contributed by atoms with Gasteiger partial charge < -0.3 is 9.32 Å². The van der Waals surface area contributed by atoms with Crippen LogP contribution in [0.15, 0.2) is 229 Å². The smallest absolute Gasteiger partial charge is 0.145 e. The van der Waals surface area contributed by atoms with Crippen molar-refractivity contribution in [3.8, 4) is 44.5 Å². The number of anilines is 3. The van der Waals surface area contributed by atoms with Crippen molar-refractivity contribution in [2.45, 2.75) is 0 Å². The van der Waals surface area contributed by atoms with Gasteiger partial charge in [-0.25, -0.2) is 0 Å². The first-order valence-corrected chi connectivity index (χ1v) is 19.8. The number of fused-ring (bicyclic) bond motifs is 6. The van der Waals surface area contributed by atoms with Gasteiger partial charge in [-0.1, -0.05) is 182 Å². The van der Waals surface area contributed by atoms with Crippen LogP contribution in [0.3, 0.4) is 0 Å². The Labute approximate surface area is 337 Å². The van der Waals surface area contributed by atoms with Crippen LogP contribution in [0.5, 0.6) is 0 Å². The van der Waals surface area contributed by atoms with Gasteiger partial charge >= 0.3 is 0 Å². The second-order valence-corrected chi connectivity index (χ2v) is 14.8. The second kappa shape index (κ2) is 14.1. The molecule has 1 aromatic heterocycles. The maximum Gasteiger partial charge on any atom is 0.145 e. The summed E-state index contributed by atoms with van der Waals surface area (Å²) in [6.45, 7) is 0. The minimum Gasteiger partial charge on any atom is -0.455 e. The van der Waals surface area contributed by atoms with Crippen LogP contribution in [0, 0.1) is 0 Å². The lowest BCUT2D eigenvalue weighted by molar-refractivity contribution is 0.670. The SMILES string of the molecule is c1ccc(-c2ccc(-c3ccc(N(c4ccccc4-c4ccccc4)c4ccc(-c5cc6ccccc6c6ccccc56)c5oc6ccccc6c45)cc3)cc2)cc1. The highest BCUT2D eigenvalue weighted by molar-refractivity contribution is 6.21. The highest BCUT2D eigenvalue weighted by Crippen LogP contribution is 2.49. The predicted molar refractivity (Wildman–Crippen MR) is 245 cm³/mol. The number of hydrogen-bond donors (Lipinski definition) is 0. The highest BCUT2D eigenvalue weighted by Gasteiger charge is 2.25. The summed E-state index contributed by atoms with van der Waals surface area (Å²) in [7, 11) is 0. The van der Waals surface area contributed by atoms with Gasteiger partial charge in [0.15, 0.2) is 0 Å². The van der Waals surface area contributed by atoms with E-state index in [0.29, 0.717) is 0 Å². The first kappa shape index (κ1) is 33.6. The molecule has 10 aromatic carbocycles. The fourth-order valence-corrected chi connectivity index (χ4v) is 8.71. The number of furan rings is 1. The molecule has 0 aliphatic heterocycles. The molecule has 58 heavy (non-hydrogen) atoms. The summed E-state index contributed by atoms with van der Waals surface area (Å²) in [6.07, 6.45) is 0. The minimum absolute atomic E-state index is 0.863. The Morgan fingerprint density at radius 2 is 0.845 bits per heavy atom. The van der Waals surface area contributed by atoms with E-state index in [1.54, 1.807) is 0 Å². The molecule has 272 valence electrons. The van der Waals surface area contributed by atoms with Crippen LogP contribution in [0.25, 0.3) is 88.0 Å². The second-order valence-electron chi connectivity index (χ2n) is 14.8. The number of hydrogen-bond acceptors (Lipinski definition) is 2. The zero-order valence-corrected chi connectivity index (χ0v) is 31.7. The molecule has 0 saturated heterocycles. The Bertz CT molecular complexity index is 3250. The molecule has 0 unspecified atom stereocenters. The molecule has 0 amide bonds.